The highest BCUT2D eigenvalue weighted by Crippen LogP contribution is 2.35. The van der Waals surface area contributed by atoms with Gasteiger partial charge in [-0.05, 0) is 56.5 Å². The van der Waals surface area contributed by atoms with E-state index in [4.69, 9.17) is 0 Å². The average Bonchev–Trinajstić information content (AvgIpc) is 2.97. The molecule has 1 aliphatic carbocycles. The van der Waals surface area contributed by atoms with Crippen molar-refractivity contribution in [3.8, 4) is 0 Å². The van der Waals surface area contributed by atoms with Crippen molar-refractivity contribution in [2.75, 3.05) is 19.6 Å². The molecule has 0 aromatic heterocycles. The lowest BCUT2D eigenvalue weighted by atomic mass is 9.80. The molecule has 0 aromatic rings. The van der Waals surface area contributed by atoms with Gasteiger partial charge in [-0.3, -0.25) is 0 Å². The fraction of sp³-hybridized carbons (Fsp3) is 1.00. The summed E-state index contributed by atoms with van der Waals surface area (Å²) in [5.41, 5.74) is 0.476. The van der Waals surface area contributed by atoms with E-state index in [1.807, 2.05) is 0 Å². The van der Waals surface area contributed by atoms with Gasteiger partial charge >= 0.3 is 0 Å². The standard InChI is InChI=1S/C16H32N2/c1-12(10-17-15-6-7-15)13(2)18-9-8-14(11-18)16(3,4)5/h12-15,17H,6-11H2,1-5H3. The van der Waals surface area contributed by atoms with Gasteiger partial charge in [-0.15, -0.1) is 0 Å². The maximum absolute atomic E-state index is 3.68. The molecule has 2 rings (SSSR count). The van der Waals surface area contributed by atoms with Crippen LogP contribution in [0.15, 0.2) is 0 Å². The number of nitrogens with zero attached hydrogens (tertiary/aromatic N) is 1. The van der Waals surface area contributed by atoms with E-state index in [0.717, 1.165) is 23.9 Å². The van der Waals surface area contributed by atoms with Crippen LogP contribution in [0.25, 0.3) is 0 Å². The van der Waals surface area contributed by atoms with Gasteiger partial charge in [0.15, 0.2) is 0 Å². The summed E-state index contributed by atoms with van der Waals surface area (Å²) in [6.45, 7) is 15.8. The molecule has 106 valence electrons. The first kappa shape index (κ1) is 14.3. The van der Waals surface area contributed by atoms with Crippen molar-refractivity contribution in [2.24, 2.45) is 17.3 Å². The van der Waals surface area contributed by atoms with Crippen LogP contribution in [0.5, 0.6) is 0 Å². The van der Waals surface area contributed by atoms with Gasteiger partial charge in [0, 0.05) is 18.6 Å². The van der Waals surface area contributed by atoms with E-state index in [1.165, 1.54) is 38.9 Å². The second-order valence-electron chi connectivity index (χ2n) is 7.75. The number of rotatable bonds is 5. The lowest BCUT2D eigenvalue weighted by Crippen LogP contribution is -2.41. The van der Waals surface area contributed by atoms with Gasteiger partial charge in [0.2, 0.25) is 0 Å². The molecule has 1 aliphatic heterocycles. The van der Waals surface area contributed by atoms with Crippen LogP contribution in [0.4, 0.5) is 0 Å². The zero-order valence-corrected chi connectivity index (χ0v) is 13.0. The van der Waals surface area contributed by atoms with Crippen molar-refractivity contribution in [1.29, 1.82) is 0 Å². The quantitative estimate of drug-likeness (QED) is 0.809. The Balaban J connectivity index is 1.76. The average molecular weight is 252 g/mol. The molecular weight excluding hydrogens is 220 g/mol. The van der Waals surface area contributed by atoms with Crippen molar-refractivity contribution in [1.82, 2.24) is 10.2 Å². The SMILES string of the molecule is CC(CNC1CC1)C(C)N1CCC(C(C)(C)C)C1. The third-order valence-corrected chi connectivity index (χ3v) is 5.15. The minimum atomic E-state index is 0.476. The number of hydrogen-bond donors (Lipinski definition) is 1. The summed E-state index contributed by atoms with van der Waals surface area (Å²) in [4.78, 5) is 2.72. The van der Waals surface area contributed by atoms with Crippen molar-refractivity contribution in [3.05, 3.63) is 0 Å². The van der Waals surface area contributed by atoms with E-state index in [1.54, 1.807) is 0 Å². The summed E-state index contributed by atoms with van der Waals surface area (Å²) in [5, 5.41) is 3.68. The zero-order chi connectivity index (χ0) is 13.3. The molecule has 1 saturated heterocycles. The van der Waals surface area contributed by atoms with Gasteiger partial charge in [0.1, 0.15) is 0 Å². The Kier molecular flexibility index (Phi) is 4.38. The number of nitrogens with one attached hydrogen (secondary N) is 1. The highest BCUT2D eigenvalue weighted by atomic mass is 15.2. The van der Waals surface area contributed by atoms with Gasteiger partial charge in [0.05, 0.1) is 0 Å². The summed E-state index contributed by atoms with van der Waals surface area (Å²) in [7, 11) is 0. The summed E-state index contributed by atoms with van der Waals surface area (Å²) >= 11 is 0. The van der Waals surface area contributed by atoms with Gasteiger partial charge in [-0.1, -0.05) is 27.7 Å². The van der Waals surface area contributed by atoms with E-state index < -0.39 is 0 Å². The molecule has 2 fully saturated rings. The highest BCUT2D eigenvalue weighted by molar-refractivity contribution is 4.88. The molecule has 3 unspecified atom stereocenters. The Morgan fingerprint density at radius 1 is 1.17 bits per heavy atom. The molecule has 18 heavy (non-hydrogen) atoms. The topological polar surface area (TPSA) is 15.3 Å². The molecule has 0 radical (unpaired) electrons. The van der Waals surface area contributed by atoms with E-state index in [-0.39, 0.29) is 0 Å². The first-order valence-electron chi connectivity index (χ1n) is 7.85. The van der Waals surface area contributed by atoms with Gasteiger partial charge in [0.25, 0.3) is 0 Å². The molecule has 2 aliphatic rings. The van der Waals surface area contributed by atoms with Crippen molar-refractivity contribution >= 4 is 0 Å². The molecule has 2 heteroatoms. The fourth-order valence-corrected chi connectivity index (χ4v) is 3.03. The minimum absolute atomic E-state index is 0.476. The van der Waals surface area contributed by atoms with E-state index >= 15 is 0 Å². The van der Waals surface area contributed by atoms with Gasteiger partial charge < -0.3 is 10.2 Å². The molecule has 1 saturated carbocycles. The smallest absolute Gasteiger partial charge is 0.0105 e. The Morgan fingerprint density at radius 3 is 2.33 bits per heavy atom. The van der Waals surface area contributed by atoms with Crippen LogP contribution in [-0.2, 0) is 0 Å². The second kappa shape index (κ2) is 5.50. The Bertz CT molecular complexity index is 265. The number of likely N-dealkylation sites (tertiary alicyclic amines) is 1. The first-order valence-corrected chi connectivity index (χ1v) is 7.85. The molecule has 0 aromatic carbocycles. The van der Waals surface area contributed by atoms with Crippen molar-refractivity contribution in [3.63, 3.8) is 0 Å². The van der Waals surface area contributed by atoms with Crippen molar-refractivity contribution < 1.29 is 0 Å². The second-order valence-corrected chi connectivity index (χ2v) is 7.75. The molecule has 0 bridgehead atoms. The predicted molar refractivity (Wildman–Crippen MR) is 78.8 cm³/mol. The fourth-order valence-electron chi connectivity index (χ4n) is 3.03. The summed E-state index contributed by atoms with van der Waals surface area (Å²) in [6.07, 6.45) is 4.18. The molecular formula is C16H32N2. The molecule has 2 nitrogen and oxygen atoms in total. The van der Waals surface area contributed by atoms with E-state index in [0.29, 0.717) is 5.41 Å². The van der Waals surface area contributed by atoms with Crippen LogP contribution in [-0.4, -0.2) is 36.6 Å². The molecule has 3 atom stereocenters. The monoisotopic (exact) mass is 252 g/mol. The van der Waals surface area contributed by atoms with Crippen LogP contribution in [0, 0.1) is 17.3 Å². The van der Waals surface area contributed by atoms with Crippen LogP contribution in [0.2, 0.25) is 0 Å². The van der Waals surface area contributed by atoms with Crippen LogP contribution < -0.4 is 5.32 Å². The lowest BCUT2D eigenvalue weighted by Gasteiger charge is -2.32. The predicted octanol–water partition coefficient (Wildman–Crippen LogP) is 3.13. The van der Waals surface area contributed by atoms with Crippen LogP contribution in [0.1, 0.15) is 53.9 Å². The summed E-state index contributed by atoms with van der Waals surface area (Å²) in [5.74, 6) is 1.65. The maximum Gasteiger partial charge on any atom is 0.0105 e. The van der Waals surface area contributed by atoms with E-state index in [2.05, 4.69) is 44.8 Å². The highest BCUT2D eigenvalue weighted by Gasteiger charge is 2.35. The molecule has 1 N–H and O–H groups in total. The number of hydrogen-bond acceptors (Lipinski definition) is 2. The van der Waals surface area contributed by atoms with Crippen molar-refractivity contribution in [2.45, 2.75) is 66.0 Å². The van der Waals surface area contributed by atoms with Gasteiger partial charge in [-0.25, -0.2) is 0 Å². The van der Waals surface area contributed by atoms with E-state index in [9.17, 15) is 0 Å². The molecule has 0 amide bonds. The zero-order valence-electron chi connectivity index (χ0n) is 13.0. The molecule has 1 heterocycles. The maximum atomic E-state index is 3.68. The Labute approximate surface area is 114 Å². The third-order valence-electron chi connectivity index (χ3n) is 5.15. The minimum Gasteiger partial charge on any atom is -0.314 e. The summed E-state index contributed by atoms with van der Waals surface area (Å²) < 4.78 is 0. The lowest BCUT2D eigenvalue weighted by molar-refractivity contribution is 0.166. The first-order chi connectivity index (χ1) is 8.38. The Hall–Kier alpha value is -0.0800. The summed E-state index contributed by atoms with van der Waals surface area (Å²) in [6, 6.07) is 1.57. The van der Waals surface area contributed by atoms with Crippen LogP contribution >= 0.6 is 0 Å². The largest absolute Gasteiger partial charge is 0.314 e. The molecule has 0 spiro atoms. The third kappa shape index (κ3) is 3.71. The normalized spacial score (nSPS) is 29.5. The van der Waals surface area contributed by atoms with Crippen LogP contribution in [0.3, 0.4) is 0 Å². The van der Waals surface area contributed by atoms with Gasteiger partial charge in [-0.2, -0.15) is 0 Å². The Morgan fingerprint density at radius 2 is 1.83 bits per heavy atom.